The Balaban J connectivity index is 2.04. The molecule has 0 spiro atoms. The molecule has 2 aromatic rings. The Bertz CT molecular complexity index is 636. The predicted molar refractivity (Wildman–Crippen MR) is 91.6 cm³/mol. The average molecular weight is 377 g/mol. The maximum Gasteiger partial charge on any atom is 0.178 e. The Labute approximate surface area is 136 Å². The minimum absolute atomic E-state index is 0.266. The number of rotatable bonds is 7. The molecule has 0 saturated carbocycles. The number of aromatic nitrogens is 2. The highest BCUT2D eigenvalue weighted by Crippen LogP contribution is 2.23. The second-order valence-electron chi connectivity index (χ2n) is 4.77. The number of hydrogen-bond acceptors (Lipinski definition) is 2. The standard InChI is InChI=1S/C14H18BrFN2S2/c1-20-7-5-3-2-4-6-18-13-8-10(15)11(16)9-12(13)17-14(18)19/h8-9H,2-7H2,1H3,(H,17,19). The monoisotopic (exact) mass is 376 g/mol. The van der Waals surface area contributed by atoms with E-state index in [0.717, 1.165) is 24.0 Å². The molecule has 6 heteroatoms. The van der Waals surface area contributed by atoms with E-state index in [2.05, 4.69) is 31.7 Å². The van der Waals surface area contributed by atoms with Crippen LogP contribution in [0.1, 0.15) is 25.7 Å². The highest BCUT2D eigenvalue weighted by Gasteiger charge is 2.08. The molecule has 110 valence electrons. The van der Waals surface area contributed by atoms with Crippen LogP contribution in [0.25, 0.3) is 11.0 Å². The number of unbranched alkanes of at least 4 members (excludes halogenated alkanes) is 3. The van der Waals surface area contributed by atoms with E-state index in [1.807, 2.05) is 11.8 Å². The third-order valence-corrected chi connectivity index (χ3v) is 4.92. The summed E-state index contributed by atoms with van der Waals surface area (Å²) in [7, 11) is 0. The van der Waals surface area contributed by atoms with Gasteiger partial charge < -0.3 is 9.55 Å². The smallest absolute Gasteiger partial charge is 0.178 e. The summed E-state index contributed by atoms with van der Waals surface area (Å²) in [5.41, 5.74) is 1.73. The first kappa shape index (κ1) is 16.0. The van der Waals surface area contributed by atoms with Gasteiger partial charge in [0.2, 0.25) is 0 Å². The van der Waals surface area contributed by atoms with Gasteiger partial charge in [0.15, 0.2) is 4.77 Å². The number of aromatic amines is 1. The van der Waals surface area contributed by atoms with Gasteiger partial charge in [-0.2, -0.15) is 11.8 Å². The molecule has 2 rings (SSSR count). The van der Waals surface area contributed by atoms with Gasteiger partial charge in [-0.25, -0.2) is 4.39 Å². The van der Waals surface area contributed by atoms with Crippen LogP contribution in [0, 0.1) is 10.6 Å². The molecule has 20 heavy (non-hydrogen) atoms. The highest BCUT2D eigenvalue weighted by molar-refractivity contribution is 9.10. The number of aryl methyl sites for hydroxylation is 1. The van der Waals surface area contributed by atoms with Crippen LogP contribution in [0.3, 0.4) is 0 Å². The minimum atomic E-state index is -0.266. The molecule has 0 fully saturated rings. The zero-order valence-corrected chi connectivity index (χ0v) is 14.6. The van der Waals surface area contributed by atoms with Crippen molar-refractivity contribution >= 4 is 50.9 Å². The van der Waals surface area contributed by atoms with Gasteiger partial charge in [-0.3, -0.25) is 0 Å². The van der Waals surface area contributed by atoms with Crippen LogP contribution in [0.2, 0.25) is 0 Å². The number of H-pyrrole nitrogens is 1. The third-order valence-electron chi connectivity index (χ3n) is 3.30. The number of nitrogens with one attached hydrogen (secondary N) is 1. The molecule has 0 radical (unpaired) electrons. The van der Waals surface area contributed by atoms with Gasteiger partial charge in [-0.05, 0) is 59.1 Å². The Morgan fingerprint density at radius 2 is 2.05 bits per heavy atom. The summed E-state index contributed by atoms with van der Waals surface area (Å²) in [5.74, 6) is 0.969. The van der Waals surface area contributed by atoms with E-state index >= 15 is 0 Å². The number of nitrogens with zero attached hydrogens (tertiary/aromatic N) is 1. The first-order valence-electron chi connectivity index (χ1n) is 6.70. The fraction of sp³-hybridized carbons (Fsp3) is 0.500. The van der Waals surface area contributed by atoms with Gasteiger partial charge in [-0.1, -0.05) is 12.8 Å². The van der Waals surface area contributed by atoms with E-state index in [4.69, 9.17) is 12.2 Å². The summed E-state index contributed by atoms with van der Waals surface area (Å²) >= 11 is 10.5. The Morgan fingerprint density at radius 3 is 2.80 bits per heavy atom. The molecule has 0 atom stereocenters. The van der Waals surface area contributed by atoms with Gasteiger partial charge in [0.25, 0.3) is 0 Å². The number of benzene rings is 1. The maximum absolute atomic E-state index is 13.5. The summed E-state index contributed by atoms with van der Waals surface area (Å²) in [6, 6.07) is 3.29. The molecular weight excluding hydrogens is 359 g/mol. The Morgan fingerprint density at radius 1 is 1.30 bits per heavy atom. The van der Waals surface area contributed by atoms with Gasteiger partial charge in [0.1, 0.15) is 5.82 Å². The summed E-state index contributed by atoms with van der Waals surface area (Å²) in [6.07, 6.45) is 6.98. The van der Waals surface area contributed by atoms with Gasteiger partial charge >= 0.3 is 0 Å². The van der Waals surface area contributed by atoms with Crippen LogP contribution in [0.15, 0.2) is 16.6 Å². The largest absolute Gasteiger partial charge is 0.330 e. The van der Waals surface area contributed by atoms with Gasteiger partial charge in [0, 0.05) is 12.6 Å². The molecule has 1 heterocycles. The van der Waals surface area contributed by atoms with Crippen molar-refractivity contribution < 1.29 is 4.39 Å². The number of thioether (sulfide) groups is 1. The van der Waals surface area contributed by atoms with E-state index in [1.165, 1.54) is 31.1 Å². The van der Waals surface area contributed by atoms with Crippen molar-refractivity contribution in [3.05, 3.63) is 27.2 Å². The van der Waals surface area contributed by atoms with Crippen LogP contribution in [0.5, 0.6) is 0 Å². The first-order chi connectivity index (χ1) is 9.63. The lowest BCUT2D eigenvalue weighted by atomic mass is 10.2. The predicted octanol–water partition coefficient (Wildman–Crippen LogP) is 5.52. The average Bonchev–Trinajstić information content (AvgIpc) is 2.70. The molecular formula is C14H18BrFN2S2. The number of halogens is 2. The lowest BCUT2D eigenvalue weighted by Gasteiger charge is -2.05. The topological polar surface area (TPSA) is 20.7 Å². The quantitative estimate of drug-likeness (QED) is 0.506. The lowest BCUT2D eigenvalue weighted by molar-refractivity contribution is 0.588. The summed E-state index contributed by atoms with van der Waals surface area (Å²) in [4.78, 5) is 3.07. The van der Waals surface area contributed by atoms with Gasteiger partial charge in [-0.15, -0.1) is 0 Å². The number of fused-ring (bicyclic) bond motifs is 1. The normalized spacial score (nSPS) is 11.3. The highest BCUT2D eigenvalue weighted by atomic mass is 79.9. The number of hydrogen-bond donors (Lipinski definition) is 1. The summed E-state index contributed by atoms with van der Waals surface area (Å²) in [6.45, 7) is 0.885. The third kappa shape index (κ3) is 3.86. The molecule has 2 nitrogen and oxygen atoms in total. The zero-order chi connectivity index (χ0) is 14.5. The van der Waals surface area contributed by atoms with E-state index in [-0.39, 0.29) is 5.82 Å². The summed E-state index contributed by atoms with van der Waals surface area (Å²) < 4.78 is 16.7. The van der Waals surface area contributed by atoms with Crippen molar-refractivity contribution in [2.75, 3.05) is 12.0 Å². The molecule has 0 aliphatic carbocycles. The Kier molecular flexibility index (Phi) is 6.11. The van der Waals surface area contributed by atoms with Crippen molar-refractivity contribution in [3.8, 4) is 0 Å². The van der Waals surface area contributed by atoms with Crippen LogP contribution < -0.4 is 0 Å². The van der Waals surface area contributed by atoms with Crippen LogP contribution in [-0.4, -0.2) is 21.6 Å². The molecule has 0 bridgehead atoms. The van der Waals surface area contributed by atoms with E-state index in [1.54, 1.807) is 6.07 Å². The van der Waals surface area contributed by atoms with E-state index < -0.39 is 0 Å². The SMILES string of the molecule is CSCCCCCCn1c(=S)[nH]c2cc(F)c(Br)cc21. The molecule has 0 aliphatic heterocycles. The molecule has 0 amide bonds. The lowest BCUT2D eigenvalue weighted by Crippen LogP contribution is -1.98. The molecule has 0 aliphatic rings. The molecule has 0 saturated heterocycles. The number of imidazole rings is 1. The van der Waals surface area contributed by atoms with E-state index in [9.17, 15) is 4.39 Å². The van der Waals surface area contributed by atoms with Crippen LogP contribution >= 0.6 is 39.9 Å². The van der Waals surface area contributed by atoms with Crippen LogP contribution in [0.4, 0.5) is 4.39 Å². The van der Waals surface area contributed by atoms with Crippen molar-refractivity contribution in [2.24, 2.45) is 0 Å². The van der Waals surface area contributed by atoms with Crippen molar-refractivity contribution in [1.29, 1.82) is 0 Å². The van der Waals surface area contributed by atoms with Crippen LogP contribution in [-0.2, 0) is 6.54 Å². The first-order valence-corrected chi connectivity index (χ1v) is 9.29. The summed E-state index contributed by atoms with van der Waals surface area (Å²) in [5, 5.41) is 0. The second kappa shape index (κ2) is 7.61. The Hall–Kier alpha value is -0.330. The fourth-order valence-corrected chi connectivity index (χ4v) is 3.37. The van der Waals surface area contributed by atoms with E-state index in [0.29, 0.717) is 9.24 Å². The fourth-order valence-electron chi connectivity index (χ4n) is 2.24. The minimum Gasteiger partial charge on any atom is -0.330 e. The molecule has 1 aromatic carbocycles. The van der Waals surface area contributed by atoms with Crippen molar-refractivity contribution in [2.45, 2.75) is 32.2 Å². The van der Waals surface area contributed by atoms with Crippen molar-refractivity contribution in [3.63, 3.8) is 0 Å². The molecule has 1 N–H and O–H groups in total. The molecule has 0 unspecified atom stereocenters. The van der Waals surface area contributed by atoms with Gasteiger partial charge in [0.05, 0.1) is 15.5 Å². The maximum atomic E-state index is 13.5. The second-order valence-corrected chi connectivity index (χ2v) is 7.00. The zero-order valence-electron chi connectivity index (χ0n) is 11.4. The van der Waals surface area contributed by atoms with Crippen molar-refractivity contribution in [1.82, 2.24) is 9.55 Å². The molecule has 1 aromatic heterocycles.